The Hall–Kier alpha value is 0.0900. The van der Waals surface area contributed by atoms with Crippen molar-refractivity contribution >= 4 is 49.1 Å². The lowest BCUT2D eigenvalue weighted by Crippen LogP contribution is -2.51. The predicted molar refractivity (Wildman–Crippen MR) is 76.1 cm³/mol. The molecule has 1 amide bonds. The number of halogens is 2. The number of hydrogen-bond acceptors (Lipinski definition) is 3. The number of amides is 1. The van der Waals surface area contributed by atoms with Gasteiger partial charge in [0.05, 0.1) is 18.8 Å². The first kappa shape index (κ1) is 13.5. The third kappa shape index (κ3) is 2.92. The molecular formula is C11H13Br2NO2S. The molecule has 2 rings (SSSR count). The van der Waals surface area contributed by atoms with Crippen LogP contribution in [0.1, 0.15) is 16.6 Å². The van der Waals surface area contributed by atoms with E-state index in [1.54, 1.807) is 0 Å². The summed E-state index contributed by atoms with van der Waals surface area (Å²) in [5.74, 6) is 0.0913. The number of hydrogen-bond donors (Lipinski definition) is 0. The minimum atomic E-state index is 0.0913. The molecule has 6 heteroatoms. The van der Waals surface area contributed by atoms with E-state index in [9.17, 15) is 4.79 Å². The van der Waals surface area contributed by atoms with Crippen molar-refractivity contribution in [2.24, 2.45) is 0 Å². The molecule has 0 aliphatic carbocycles. The van der Waals surface area contributed by atoms with Crippen LogP contribution < -0.4 is 0 Å². The second-order valence-corrected chi connectivity index (χ2v) is 6.43. The molecule has 0 bridgehead atoms. The van der Waals surface area contributed by atoms with Gasteiger partial charge in [-0.15, -0.1) is 11.3 Å². The van der Waals surface area contributed by atoms with Crippen LogP contribution in [-0.4, -0.2) is 41.4 Å². The zero-order valence-corrected chi connectivity index (χ0v) is 13.3. The Morgan fingerprint density at radius 1 is 1.71 bits per heavy atom. The second-order valence-electron chi connectivity index (χ2n) is 4.01. The Morgan fingerprint density at radius 3 is 3.06 bits per heavy atom. The number of alkyl halides is 1. The Bertz CT molecular complexity index is 410. The van der Waals surface area contributed by atoms with Crippen LogP contribution in [-0.2, 0) is 4.74 Å². The van der Waals surface area contributed by atoms with Crippen molar-refractivity contribution in [3.8, 4) is 0 Å². The van der Waals surface area contributed by atoms with Crippen molar-refractivity contribution in [1.29, 1.82) is 0 Å². The SMILES string of the molecule is CC1COC(CBr)CN1C(=O)c1sccc1Br. The van der Waals surface area contributed by atoms with Gasteiger partial charge in [-0.05, 0) is 34.3 Å². The first-order valence-electron chi connectivity index (χ1n) is 5.35. The molecule has 94 valence electrons. The summed E-state index contributed by atoms with van der Waals surface area (Å²) >= 11 is 8.28. The van der Waals surface area contributed by atoms with Crippen LogP contribution in [0.15, 0.2) is 15.9 Å². The summed E-state index contributed by atoms with van der Waals surface area (Å²) in [5.41, 5.74) is 0. The van der Waals surface area contributed by atoms with E-state index in [1.807, 2.05) is 23.3 Å². The fourth-order valence-corrected chi connectivity index (χ4v) is 3.66. The summed E-state index contributed by atoms with van der Waals surface area (Å²) < 4.78 is 6.49. The lowest BCUT2D eigenvalue weighted by Gasteiger charge is -2.37. The van der Waals surface area contributed by atoms with Crippen LogP contribution in [0, 0.1) is 0 Å². The van der Waals surface area contributed by atoms with Crippen molar-refractivity contribution in [2.75, 3.05) is 18.5 Å². The predicted octanol–water partition coefficient (Wildman–Crippen LogP) is 3.14. The second kappa shape index (κ2) is 5.82. The highest BCUT2D eigenvalue weighted by Gasteiger charge is 2.30. The third-order valence-corrected chi connectivity index (χ3v) is 5.30. The zero-order valence-electron chi connectivity index (χ0n) is 9.36. The molecule has 0 saturated carbocycles. The van der Waals surface area contributed by atoms with Gasteiger partial charge in [0.25, 0.3) is 5.91 Å². The van der Waals surface area contributed by atoms with Gasteiger partial charge in [-0.2, -0.15) is 0 Å². The smallest absolute Gasteiger partial charge is 0.265 e. The molecule has 2 heterocycles. The van der Waals surface area contributed by atoms with E-state index in [1.165, 1.54) is 11.3 Å². The average molecular weight is 383 g/mol. The fraction of sp³-hybridized carbons (Fsp3) is 0.545. The molecule has 3 nitrogen and oxygen atoms in total. The van der Waals surface area contributed by atoms with Gasteiger partial charge in [-0.3, -0.25) is 4.79 Å². The molecule has 1 aliphatic rings. The van der Waals surface area contributed by atoms with Crippen molar-refractivity contribution in [3.63, 3.8) is 0 Å². The third-order valence-electron chi connectivity index (χ3n) is 2.75. The minimum absolute atomic E-state index is 0.0913. The standard InChI is InChI=1S/C11H13Br2NO2S/c1-7-6-16-8(4-12)5-14(7)11(15)10-9(13)2-3-17-10/h2-3,7-8H,4-6H2,1H3. The molecule has 1 aromatic heterocycles. The van der Waals surface area contributed by atoms with Gasteiger partial charge in [0.2, 0.25) is 0 Å². The van der Waals surface area contributed by atoms with Crippen molar-refractivity contribution in [1.82, 2.24) is 4.90 Å². The van der Waals surface area contributed by atoms with Crippen LogP contribution >= 0.6 is 43.2 Å². The lowest BCUT2D eigenvalue weighted by molar-refractivity contribution is -0.0360. The summed E-state index contributed by atoms with van der Waals surface area (Å²) in [5, 5.41) is 2.68. The van der Waals surface area contributed by atoms with E-state index in [4.69, 9.17) is 4.74 Å². The van der Waals surface area contributed by atoms with E-state index >= 15 is 0 Å². The number of morpholine rings is 1. The molecule has 17 heavy (non-hydrogen) atoms. The molecular weight excluding hydrogens is 370 g/mol. The Kier molecular flexibility index (Phi) is 4.63. The monoisotopic (exact) mass is 381 g/mol. The van der Waals surface area contributed by atoms with Crippen LogP contribution in [0.2, 0.25) is 0 Å². The Labute approximate surface area is 121 Å². The summed E-state index contributed by atoms with van der Waals surface area (Å²) in [6.45, 7) is 3.27. The van der Waals surface area contributed by atoms with Gasteiger partial charge in [0, 0.05) is 16.3 Å². The van der Waals surface area contributed by atoms with Crippen LogP contribution in [0.3, 0.4) is 0 Å². The number of thiophene rings is 1. The quantitative estimate of drug-likeness (QED) is 0.735. The molecule has 2 atom stereocenters. The van der Waals surface area contributed by atoms with Gasteiger partial charge >= 0.3 is 0 Å². The largest absolute Gasteiger partial charge is 0.373 e. The van der Waals surface area contributed by atoms with E-state index in [0.29, 0.717) is 13.2 Å². The average Bonchev–Trinajstić information content (AvgIpc) is 2.75. The van der Waals surface area contributed by atoms with E-state index < -0.39 is 0 Å². The Morgan fingerprint density at radius 2 is 2.47 bits per heavy atom. The highest BCUT2D eigenvalue weighted by Crippen LogP contribution is 2.26. The number of rotatable bonds is 2. The highest BCUT2D eigenvalue weighted by atomic mass is 79.9. The first-order valence-corrected chi connectivity index (χ1v) is 8.14. The molecule has 1 fully saturated rings. The van der Waals surface area contributed by atoms with Gasteiger partial charge < -0.3 is 9.64 Å². The van der Waals surface area contributed by atoms with Gasteiger partial charge in [-0.25, -0.2) is 0 Å². The molecule has 0 spiro atoms. The normalized spacial score (nSPS) is 25.0. The number of carbonyl (C=O) groups excluding carboxylic acids is 1. The van der Waals surface area contributed by atoms with Crippen LogP contribution in [0.5, 0.6) is 0 Å². The number of carbonyl (C=O) groups is 1. The molecule has 0 aromatic carbocycles. The summed E-state index contributed by atoms with van der Waals surface area (Å²) in [4.78, 5) is 15.1. The van der Waals surface area contributed by atoms with Gasteiger partial charge in [0.15, 0.2) is 0 Å². The summed E-state index contributed by atoms with van der Waals surface area (Å²) in [6.07, 6.45) is 0.0916. The maximum atomic E-state index is 12.4. The maximum absolute atomic E-state index is 12.4. The molecule has 1 aromatic rings. The van der Waals surface area contributed by atoms with Crippen molar-refractivity contribution in [3.05, 3.63) is 20.8 Å². The number of ether oxygens (including phenoxy) is 1. The molecule has 1 aliphatic heterocycles. The van der Waals surface area contributed by atoms with Gasteiger partial charge in [0.1, 0.15) is 4.88 Å². The van der Waals surface area contributed by atoms with Crippen LogP contribution in [0.25, 0.3) is 0 Å². The molecule has 0 N–H and O–H groups in total. The number of nitrogens with zero attached hydrogens (tertiary/aromatic N) is 1. The molecule has 0 radical (unpaired) electrons. The topological polar surface area (TPSA) is 29.5 Å². The van der Waals surface area contributed by atoms with Gasteiger partial charge in [-0.1, -0.05) is 15.9 Å². The highest BCUT2D eigenvalue weighted by molar-refractivity contribution is 9.10. The van der Waals surface area contributed by atoms with E-state index in [0.717, 1.165) is 14.7 Å². The fourth-order valence-electron chi connectivity index (χ4n) is 1.77. The van der Waals surface area contributed by atoms with Crippen molar-refractivity contribution < 1.29 is 9.53 Å². The summed E-state index contributed by atoms with van der Waals surface area (Å²) in [6, 6.07) is 2.04. The van der Waals surface area contributed by atoms with E-state index in [-0.39, 0.29) is 18.1 Å². The summed E-state index contributed by atoms with van der Waals surface area (Å²) in [7, 11) is 0. The molecule has 2 unspecified atom stereocenters. The Balaban J connectivity index is 2.15. The first-order chi connectivity index (χ1) is 8.13. The van der Waals surface area contributed by atoms with Crippen molar-refractivity contribution in [2.45, 2.75) is 19.1 Å². The van der Waals surface area contributed by atoms with E-state index in [2.05, 4.69) is 31.9 Å². The van der Waals surface area contributed by atoms with Crippen LogP contribution in [0.4, 0.5) is 0 Å². The maximum Gasteiger partial charge on any atom is 0.265 e. The lowest BCUT2D eigenvalue weighted by atomic mass is 10.2. The minimum Gasteiger partial charge on any atom is -0.373 e. The molecule has 1 saturated heterocycles. The zero-order chi connectivity index (χ0) is 12.4.